The van der Waals surface area contributed by atoms with Crippen LogP contribution in [0.2, 0.25) is 0 Å². The maximum absolute atomic E-state index is 13.1. The smallest absolute Gasteiger partial charge is 0.197 e. The second-order valence-electron chi connectivity index (χ2n) is 5.42. The van der Waals surface area contributed by atoms with Gasteiger partial charge in [-0.3, -0.25) is 4.79 Å². The van der Waals surface area contributed by atoms with Gasteiger partial charge < -0.3 is 5.11 Å². The summed E-state index contributed by atoms with van der Waals surface area (Å²) in [6.45, 7) is 4.09. The molecule has 3 aromatic rings. The van der Waals surface area contributed by atoms with E-state index in [0.29, 0.717) is 26.5 Å². The zero-order chi connectivity index (χ0) is 18.1. The monoisotopic (exact) mass is 482 g/mol. The summed E-state index contributed by atoms with van der Waals surface area (Å²) in [5, 5.41) is 14.5. The van der Waals surface area contributed by atoms with Gasteiger partial charge in [0.25, 0.3) is 0 Å². The lowest BCUT2D eigenvalue weighted by Gasteiger charge is -2.06. The number of thioether (sulfide) groups is 1. The molecule has 1 N–H and O–H groups in total. The summed E-state index contributed by atoms with van der Waals surface area (Å²) >= 11 is 8.31. The molecule has 2 aromatic heterocycles. The highest BCUT2D eigenvalue weighted by atomic mass is 79.9. The number of rotatable bonds is 5. The van der Waals surface area contributed by atoms with Crippen molar-refractivity contribution in [1.82, 2.24) is 9.61 Å². The number of aryl methyl sites for hydroxylation is 1. The third-order valence-corrected chi connectivity index (χ3v) is 5.90. The van der Waals surface area contributed by atoms with Crippen molar-refractivity contribution in [2.45, 2.75) is 25.2 Å². The van der Waals surface area contributed by atoms with Crippen LogP contribution in [0.15, 0.2) is 44.3 Å². The van der Waals surface area contributed by atoms with E-state index in [9.17, 15) is 9.90 Å². The molecule has 0 aliphatic carbocycles. The molecule has 25 heavy (non-hydrogen) atoms. The molecule has 0 radical (unpaired) electrons. The summed E-state index contributed by atoms with van der Waals surface area (Å²) < 4.78 is 2.73. The molecule has 0 unspecified atom stereocenters. The number of hydrogen-bond donors (Lipinski definition) is 1. The summed E-state index contributed by atoms with van der Waals surface area (Å²) in [7, 11) is 0. The fourth-order valence-electron chi connectivity index (χ4n) is 2.67. The predicted molar refractivity (Wildman–Crippen MR) is 108 cm³/mol. The molecular weight excluding hydrogens is 468 g/mol. The van der Waals surface area contributed by atoms with Crippen molar-refractivity contribution in [2.24, 2.45) is 0 Å². The molecule has 0 bridgehead atoms. The zero-order valence-corrected chi connectivity index (χ0v) is 17.7. The van der Waals surface area contributed by atoms with E-state index in [2.05, 4.69) is 43.9 Å². The number of phenolic OH excluding ortho intramolecular Hbond substituents is 1. The Morgan fingerprint density at radius 3 is 2.52 bits per heavy atom. The van der Waals surface area contributed by atoms with E-state index in [1.807, 2.05) is 25.3 Å². The number of hydrogen-bond acceptors (Lipinski definition) is 4. The van der Waals surface area contributed by atoms with Gasteiger partial charge in [-0.25, -0.2) is 4.52 Å². The molecule has 0 spiro atoms. The number of carbonyl (C=O) groups is 1. The fourth-order valence-corrected chi connectivity index (χ4v) is 4.53. The number of benzene rings is 1. The Kier molecular flexibility index (Phi) is 5.55. The Bertz CT molecular complexity index is 946. The molecule has 7 heteroatoms. The quantitative estimate of drug-likeness (QED) is 0.386. The summed E-state index contributed by atoms with van der Waals surface area (Å²) in [6.07, 6.45) is 2.63. The van der Waals surface area contributed by atoms with Crippen molar-refractivity contribution in [1.29, 1.82) is 0 Å². The first-order valence-electron chi connectivity index (χ1n) is 7.83. The van der Waals surface area contributed by atoms with E-state index < -0.39 is 0 Å². The van der Waals surface area contributed by atoms with E-state index in [0.717, 1.165) is 21.9 Å². The molecule has 0 aliphatic rings. The highest BCUT2D eigenvalue weighted by Crippen LogP contribution is 2.34. The van der Waals surface area contributed by atoms with Gasteiger partial charge >= 0.3 is 0 Å². The maximum Gasteiger partial charge on any atom is 0.197 e. The summed E-state index contributed by atoms with van der Waals surface area (Å²) in [6, 6.07) is 7.23. The molecule has 0 saturated carbocycles. The van der Waals surface area contributed by atoms with Gasteiger partial charge in [0, 0.05) is 16.7 Å². The number of carbonyl (C=O) groups excluding carboxylic acids is 1. The first kappa shape index (κ1) is 18.5. The Hall–Kier alpha value is -1.31. The van der Waals surface area contributed by atoms with Gasteiger partial charge in [0.1, 0.15) is 5.75 Å². The minimum absolute atomic E-state index is 0.0772. The Balaban J connectivity index is 2.15. The van der Waals surface area contributed by atoms with Crippen molar-refractivity contribution in [3.05, 3.63) is 56.2 Å². The number of ketones is 1. The number of aromatic hydroxyl groups is 1. The molecule has 0 saturated heterocycles. The zero-order valence-electron chi connectivity index (χ0n) is 13.7. The third-order valence-electron chi connectivity index (χ3n) is 3.83. The number of aromatic nitrogens is 2. The minimum atomic E-state index is -0.107. The normalized spacial score (nSPS) is 11.2. The second-order valence-corrected chi connectivity index (χ2v) is 8.47. The molecule has 0 amide bonds. The van der Waals surface area contributed by atoms with Crippen LogP contribution in [0.25, 0.3) is 5.52 Å². The molecule has 0 atom stereocenters. The molecule has 3 rings (SSSR count). The van der Waals surface area contributed by atoms with Gasteiger partial charge in [-0.2, -0.15) is 5.10 Å². The van der Waals surface area contributed by atoms with Crippen LogP contribution in [0.5, 0.6) is 5.75 Å². The maximum atomic E-state index is 13.1. The first-order chi connectivity index (χ1) is 12.0. The average molecular weight is 484 g/mol. The number of nitrogens with zero attached hydrogens (tertiary/aromatic N) is 2. The molecule has 130 valence electrons. The number of phenols is 1. The van der Waals surface area contributed by atoms with Crippen molar-refractivity contribution in [3.8, 4) is 5.75 Å². The first-order valence-corrected chi connectivity index (χ1v) is 10.4. The third kappa shape index (κ3) is 3.50. The molecular formula is C18H16Br2N2O2S. The van der Waals surface area contributed by atoms with Crippen molar-refractivity contribution >= 4 is 54.9 Å². The number of halogens is 2. The van der Waals surface area contributed by atoms with Crippen molar-refractivity contribution in [2.75, 3.05) is 5.75 Å². The van der Waals surface area contributed by atoms with Gasteiger partial charge in [0.2, 0.25) is 0 Å². The highest BCUT2D eigenvalue weighted by Gasteiger charge is 2.22. The fraction of sp³-hybridized carbons (Fsp3) is 0.222. The van der Waals surface area contributed by atoms with Crippen LogP contribution in [0, 0.1) is 0 Å². The lowest BCUT2D eigenvalue weighted by Crippen LogP contribution is -2.04. The summed E-state index contributed by atoms with van der Waals surface area (Å²) in [5.41, 5.74) is 2.67. The summed E-state index contributed by atoms with van der Waals surface area (Å²) in [4.78, 5) is 14.3. The van der Waals surface area contributed by atoms with Crippen LogP contribution in [0.3, 0.4) is 0 Å². The van der Waals surface area contributed by atoms with Crippen LogP contribution in [-0.4, -0.2) is 26.3 Å². The second kappa shape index (κ2) is 7.51. The Morgan fingerprint density at radius 1 is 1.24 bits per heavy atom. The number of pyridine rings is 1. The van der Waals surface area contributed by atoms with Gasteiger partial charge in [0.05, 0.1) is 25.7 Å². The van der Waals surface area contributed by atoms with Crippen LogP contribution in [-0.2, 0) is 6.42 Å². The molecule has 1 aromatic carbocycles. The van der Waals surface area contributed by atoms with Crippen LogP contribution in [0.1, 0.15) is 35.5 Å². The lowest BCUT2D eigenvalue weighted by atomic mass is 10.0. The van der Waals surface area contributed by atoms with E-state index in [4.69, 9.17) is 0 Å². The number of fused-ring (bicyclic) bond motifs is 1. The van der Waals surface area contributed by atoms with Gasteiger partial charge in [-0.1, -0.05) is 13.8 Å². The Morgan fingerprint density at radius 2 is 1.92 bits per heavy atom. The van der Waals surface area contributed by atoms with Crippen LogP contribution >= 0.6 is 43.6 Å². The van der Waals surface area contributed by atoms with E-state index in [1.165, 1.54) is 0 Å². The minimum Gasteiger partial charge on any atom is -0.506 e. The largest absolute Gasteiger partial charge is 0.506 e. The molecule has 4 nitrogen and oxygen atoms in total. The van der Waals surface area contributed by atoms with E-state index >= 15 is 0 Å². The average Bonchev–Trinajstić information content (AvgIpc) is 2.96. The SMILES string of the molecule is CCSc1ccc2c(C(=O)c3cc(Br)c(O)c(Br)c3)c(CC)nn2c1. The standard InChI is InChI=1S/C18H16Br2N2O2S/c1-3-14-16(15-6-5-11(25-4-2)9-22(15)21-14)17(23)10-7-12(19)18(24)13(20)8-10/h5-9,24H,3-4H2,1-2H3. The molecule has 2 heterocycles. The van der Waals surface area contributed by atoms with Crippen LogP contribution < -0.4 is 0 Å². The summed E-state index contributed by atoms with van der Waals surface area (Å²) in [5.74, 6) is 0.951. The lowest BCUT2D eigenvalue weighted by molar-refractivity contribution is 0.103. The van der Waals surface area contributed by atoms with Crippen molar-refractivity contribution < 1.29 is 9.90 Å². The Labute approximate surface area is 166 Å². The van der Waals surface area contributed by atoms with E-state index in [1.54, 1.807) is 28.4 Å². The van der Waals surface area contributed by atoms with Gasteiger partial charge in [-0.05, 0) is 68.3 Å². The van der Waals surface area contributed by atoms with Crippen molar-refractivity contribution in [3.63, 3.8) is 0 Å². The van der Waals surface area contributed by atoms with Gasteiger partial charge in [-0.15, -0.1) is 11.8 Å². The topological polar surface area (TPSA) is 54.6 Å². The molecule has 0 fully saturated rings. The predicted octanol–water partition coefficient (Wildman–Crippen LogP) is 5.47. The molecule has 0 aliphatic heterocycles. The van der Waals surface area contributed by atoms with E-state index in [-0.39, 0.29) is 11.5 Å². The van der Waals surface area contributed by atoms with Crippen LogP contribution in [0.4, 0.5) is 0 Å². The van der Waals surface area contributed by atoms with Gasteiger partial charge in [0.15, 0.2) is 5.78 Å². The highest BCUT2D eigenvalue weighted by molar-refractivity contribution is 9.11.